The molecule has 0 aromatic heterocycles. The van der Waals surface area contributed by atoms with Gasteiger partial charge in [0.05, 0.1) is 0 Å². The SMILES string of the molecule is CN(C)C1=Cc2ccccc2C1[Si](C)(C)NC(C)(C)C.Cl.Cl.[Zr]. The van der Waals surface area contributed by atoms with Crippen molar-refractivity contribution in [1.29, 1.82) is 0 Å². The van der Waals surface area contributed by atoms with Gasteiger partial charge in [0.15, 0.2) is 0 Å². The molecule has 23 heavy (non-hydrogen) atoms. The van der Waals surface area contributed by atoms with Gasteiger partial charge in [0.25, 0.3) is 0 Å². The minimum atomic E-state index is -1.64. The van der Waals surface area contributed by atoms with E-state index in [1.165, 1.54) is 16.8 Å². The Hall–Kier alpha value is 0.400. The molecule has 0 heterocycles. The fraction of sp³-hybridized carbons (Fsp3) is 0.529. The second-order valence-corrected chi connectivity index (χ2v) is 11.9. The molecule has 1 aromatic rings. The van der Waals surface area contributed by atoms with Gasteiger partial charge in [-0.2, -0.15) is 0 Å². The van der Waals surface area contributed by atoms with Gasteiger partial charge in [0.2, 0.25) is 0 Å². The largest absolute Gasteiger partial charge is 0.381 e. The zero-order valence-corrected chi connectivity index (χ0v) is 20.3. The molecule has 0 saturated carbocycles. The van der Waals surface area contributed by atoms with Crippen LogP contribution in [0.4, 0.5) is 0 Å². The summed E-state index contributed by atoms with van der Waals surface area (Å²) in [5, 5.41) is 0. The Kier molecular flexibility index (Phi) is 10.3. The third kappa shape index (κ3) is 6.01. The summed E-state index contributed by atoms with van der Waals surface area (Å²) in [5.74, 6) is 0. The van der Waals surface area contributed by atoms with Crippen molar-refractivity contribution < 1.29 is 26.2 Å². The first-order valence-electron chi connectivity index (χ1n) is 7.39. The first-order valence-corrected chi connectivity index (χ1v) is 10.5. The van der Waals surface area contributed by atoms with Crippen LogP contribution in [0.1, 0.15) is 37.4 Å². The van der Waals surface area contributed by atoms with E-state index in [0.717, 1.165) is 0 Å². The average Bonchev–Trinajstić information content (AvgIpc) is 2.65. The standard InChI is InChI=1S/C17H28N2Si.2ClH.Zr/c1-17(2,3)18-20(6,7)16-14-11-9-8-10-13(14)12-15(16)19(4)5;;;/h8-12,16,18H,1-7H3;2*1H;. The van der Waals surface area contributed by atoms with Crippen molar-refractivity contribution in [3.63, 3.8) is 0 Å². The second-order valence-electron chi connectivity index (χ2n) is 7.62. The van der Waals surface area contributed by atoms with E-state index in [2.05, 4.69) is 88.2 Å². The van der Waals surface area contributed by atoms with E-state index in [1.807, 2.05) is 0 Å². The molecule has 1 N–H and O–H groups in total. The monoisotopic (exact) mass is 450 g/mol. The van der Waals surface area contributed by atoms with Gasteiger partial charge < -0.3 is 9.88 Å². The molecule has 130 valence electrons. The van der Waals surface area contributed by atoms with E-state index < -0.39 is 8.24 Å². The number of allylic oxidation sites excluding steroid dienone is 1. The quantitative estimate of drug-likeness (QED) is 0.671. The number of rotatable bonds is 3. The third-order valence-electron chi connectivity index (χ3n) is 3.84. The molecule has 0 bridgehead atoms. The van der Waals surface area contributed by atoms with Crippen LogP contribution in [0, 0.1) is 0 Å². The number of nitrogens with zero attached hydrogens (tertiary/aromatic N) is 1. The number of benzene rings is 1. The number of fused-ring (bicyclic) bond motifs is 1. The Bertz CT molecular complexity index is 540. The van der Waals surface area contributed by atoms with Gasteiger partial charge in [-0.05, 0) is 38.0 Å². The summed E-state index contributed by atoms with van der Waals surface area (Å²) in [6.07, 6.45) is 2.36. The summed E-state index contributed by atoms with van der Waals surface area (Å²) in [6.45, 7) is 11.7. The van der Waals surface area contributed by atoms with Crippen molar-refractivity contribution in [3.05, 3.63) is 41.1 Å². The number of hydrogen-bond donors (Lipinski definition) is 1. The first kappa shape index (κ1) is 25.6. The molecule has 1 aromatic carbocycles. The van der Waals surface area contributed by atoms with E-state index in [1.54, 1.807) is 0 Å². The summed E-state index contributed by atoms with van der Waals surface area (Å²) in [4.78, 5) is 6.22. The van der Waals surface area contributed by atoms with Gasteiger partial charge in [-0.3, -0.25) is 0 Å². The first-order chi connectivity index (χ1) is 9.12. The second kappa shape index (κ2) is 9.20. The normalized spacial score (nSPS) is 16.3. The zero-order chi connectivity index (χ0) is 15.1. The maximum absolute atomic E-state index is 3.93. The van der Waals surface area contributed by atoms with Crippen molar-refractivity contribution in [3.8, 4) is 0 Å². The van der Waals surface area contributed by atoms with Gasteiger partial charge in [-0.1, -0.05) is 37.4 Å². The molecular formula is C17H30Cl2N2SiZr. The molecule has 6 heteroatoms. The van der Waals surface area contributed by atoms with Gasteiger partial charge in [-0.15, -0.1) is 24.8 Å². The molecular weight excluding hydrogens is 422 g/mol. The Morgan fingerprint density at radius 3 is 2.04 bits per heavy atom. The van der Waals surface area contributed by atoms with E-state index >= 15 is 0 Å². The minimum Gasteiger partial charge on any atom is -0.381 e. The Morgan fingerprint density at radius 1 is 1.04 bits per heavy atom. The van der Waals surface area contributed by atoms with Crippen LogP contribution in [0.3, 0.4) is 0 Å². The Labute approximate surface area is 174 Å². The molecule has 0 fully saturated rings. The molecule has 1 aliphatic carbocycles. The predicted molar refractivity (Wildman–Crippen MR) is 106 cm³/mol. The van der Waals surface area contributed by atoms with Crippen LogP contribution in [-0.4, -0.2) is 32.8 Å². The van der Waals surface area contributed by atoms with E-state index in [9.17, 15) is 0 Å². The topological polar surface area (TPSA) is 15.3 Å². The smallest absolute Gasteiger partial charge is 0.133 e. The summed E-state index contributed by atoms with van der Waals surface area (Å²) in [5.41, 5.74) is 5.00. The van der Waals surface area contributed by atoms with Gasteiger partial charge in [-0.25, -0.2) is 0 Å². The number of hydrogen-bond acceptors (Lipinski definition) is 2. The van der Waals surface area contributed by atoms with Gasteiger partial charge in [0.1, 0.15) is 8.24 Å². The van der Waals surface area contributed by atoms with Crippen LogP contribution in [0.2, 0.25) is 13.1 Å². The summed E-state index contributed by atoms with van der Waals surface area (Å²) in [6, 6.07) is 8.84. The maximum Gasteiger partial charge on any atom is 0.133 e. The number of halogens is 2. The zero-order valence-electron chi connectivity index (χ0n) is 15.2. The fourth-order valence-electron chi connectivity index (χ4n) is 3.49. The maximum atomic E-state index is 3.93. The molecule has 0 saturated heterocycles. The van der Waals surface area contributed by atoms with E-state index in [4.69, 9.17) is 0 Å². The van der Waals surface area contributed by atoms with Crippen LogP contribution in [0.5, 0.6) is 0 Å². The Balaban J connectivity index is 0. The van der Waals surface area contributed by atoms with Crippen LogP contribution < -0.4 is 4.98 Å². The van der Waals surface area contributed by atoms with Gasteiger partial charge in [0, 0.05) is 57.1 Å². The van der Waals surface area contributed by atoms with E-state index in [0.29, 0.717) is 5.54 Å². The summed E-state index contributed by atoms with van der Waals surface area (Å²) >= 11 is 0. The molecule has 0 spiro atoms. The summed E-state index contributed by atoms with van der Waals surface area (Å²) < 4.78 is 0. The van der Waals surface area contributed by atoms with Crippen molar-refractivity contribution in [2.45, 2.75) is 44.9 Å². The van der Waals surface area contributed by atoms with Crippen LogP contribution in [0.25, 0.3) is 6.08 Å². The molecule has 0 aliphatic heterocycles. The summed E-state index contributed by atoms with van der Waals surface area (Å²) in [7, 11) is 2.68. The molecule has 2 nitrogen and oxygen atoms in total. The minimum absolute atomic E-state index is 0. The molecule has 1 atom stereocenters. The van der Waals surface area contributed by atoms with Crippen LogP contribution in [-0.2, 0) is 26.2 Å². The predicted octanol–water partition coefficient (Wildman–Crippen LogP) is 4.66. The van der Waals surface area contributed by atoms with Crippen molar-refractivity contribution in [2.24, 2.45) is 0 Å². The van der Waals surface area contributed by atoms with Crippen molar-refractivity contribution in [2.75, 3.05) is 14.1 Å². The molecule has 1 unspecified atom stereocenters. The molecule has 0 radical (unpaired) electrons. The van der Waals surface area contributed by atoms with Crippen molar-refractivity contribution in [1.82, 2.24) is 9.88 Å². The molecule has 0 amide bonds. The average molecular weight is 453 g/mol. The van der Waals surface area contributed by atoms with Crippen LogP contribution >= 0.6 is 24.8 Å². The molecule has 2 rings (SSSR count). The molecule has 1 aliphatic rings. The third-order valence-corrected chi connectivity index (χ3v) is 7.29. The van der Waals surface area contributed by atoms with Gasteiger partial charge >= 0.3 is 0 Å². The van der Waals surface area contributed by atoms with E-state index in [-0.39, 0.29) is 56.6 Å². The van der Waals surface area contributed by atoms with Crippen LogP contribution in [0.15, 0.2) is 30.0 Å². The Morgan fingerprint density at radius 2 is 1.57 bits per heavy atom. The fourth-order valence-corrected chi connectivity index (χ4v) is 7.69. The number of likely N-dealkylation sites (N-methyl/N-ethyl adjacent to an activating group) is 1. The number of nitrogens with one attached hydrogen (secondary N) is 1. The van der Waals surface area contributed by atoms with Crippen molar-refractivity contribution >= 4 is 39.1 Å².